The van der Waals surface area contributed by atoms with Crippen molar-refractivity contribution in [1.29, 1.82) is 0 Å². The Bertz CT molecular complexity index is 297. The van der Waals surface area contributed by atoms with Crippen molar-refractivity contribution in [2.24, 2.45) is 0 Å². The van der Waals surface area contributed by atoms with Crippen molar-refractivity contribution in [2.45, 2.75) is 6.92 Å². The molecule has 0 saturated carbocycles. The van der Waals surface area contributed by atoms with Crippen molar-refractivity contribution < 1.29 is 0 Å². The molecule has 4 nitrogen and oxygen atoms in total. The molecule has 2 rings (SSSR count). The lowest BCUT2D eigenvalue weighted by Gasteiger charge is -2.28. The summed E-state index contributed by atoms with van der Waals surface area (Å²) in [6, 6.07) is 0. The second-order valence-corrected chi connectivity index (χ2v) is 3.00. The van der Waals surface area contributed by atoms with Gasteiger partial charge in [-0.1, -0.05) is 0 Å². The monoisotopic (exact) mass is 164 g/mol. The van der Waals surface area contributed by atoms with E-state index in [1.165, 1.54) is 0 Å². The van der Waals surface area contributed by atoms with Crippen molar-refractivity contribution >= 4 is 11.5 Å². The van der Waals surface area contributed by atoms with E-state index in [9.17, 15) is 0 Å². The van der Waals surface area contributed by atoms with Gasteiger partial charge >= 0.3 is 0 Å². The third-order valence-corrected chi connectivity index (χ3v) is 2.13. The third kappa shape index (κ3) is 0.995. The molecule has 64 valence electrons. The Hall–Kier alpha value is -1.32. The lowest BCUT2D eigenvalue weighted by molar-refractivity contribution is 0.855. The number of rotatable bonds is 0. The molecule has 0 bridgehead atoms. The normalized spacial score (nSPS) is 15.3. The topological polar surface area (TPSA) is 41.1 Å². The highest BCUT2D eigenvalue weighted by Gasteiger charge is 2.16. The zero-order valence-electron chi connectivity index (χ0n) is 7.33. The first-order valence-electron chi connectivity index (χ1n) is 4.05. The van der Waals surface area contributed by atoms with Crippen molar-refractivity contribution in [3.63, 3.8) is 0 Å². The van der Waals surface area contributed by atoms with E-state index in [4.69, 9.17) is 0 Å². The Balaban J connectivity index is 2.53. The minimum Gasteiger partial charge on any atom is -0.368 e. The van der Waals surface area contributed by atoms with Gasteiger partial charge in [0.25, 0.3) is 0 Å². The maximum atomic E-state index is 4.17. The molecular weight excluding hydrogens is 152 g/mol. The molecule has 0 amide bonds. The minimum atomic E-state index is 0.955. The summed E-state index contributed by atoms with van der Waals surface area (Å²) in [5.74, 6) is 0.955. The number of aryl methyl sites for hydroxylation is 1. The van der Waals surface area contributed by atoms with E-state index >= 15 is 0 Å². The molecule has 1 aliphatic rings. The smallest absolute Gasteiger partial charge is 0.153 e. The number of fused-ring (bicyclic) bond motifs is 1. The van der Waals surface area contributed by atoms with E-state index in [0.29, 0.717) is 0 Å². The van der Waals surface area contributed by atoms with Crippen LogP contribution in [0, 0.1) is 6.92 Å². The summed E-state index contributed by atoms with van der Waals surface area (Å²) in [6.45, 7) is 3.98. The van der Waals surface area contributed by atoms with Crippen LogP contribution in [0.5, 0.6) is 0 Å². The van der Waals surface area contributed by atoms with Crippen molar-refractivity contribution in [2.75, 3.05) is 30.4 Å². The van der Waals surface area contributed by atoms with Crippen LogP contribution in [0.1, 0.15) is 5.69 Å². The van der Waals surface area contributed by atoms with Crippen LogP contribution < -0.4 is 10.2 Å². The molecule has 0 aliphatic carbocycles. The Kier molecular flexibility index (Phi) is 1.60. The highest BCUT2D eigenvalue weighted by Crippen LogP contribution is 2.26. The van der Waals surface area contributed by atoms with E-state index in [1.807, 2.05) is 6.92 Å². The van der Waals surface area contributed by atoms with E-state index in [1.54, 1.807) is 6.33 Å². The van der Waals surface area contributed by atoms with E-state index in [2.05, 4.69) is 27.2 Å². The van der Waals surface area contributed by atoms with Crippen LogP contribution in [0.4, 0.5) is 11.5 Å². The number of nitrogens with one attached hydrogen (secondary N) is 1. The number of aromatic nitrogens is 2. The number of nitrogens with zero attached hydrogens (tertiary/aromatic N) is 3. The standard InChI is InChI=1S/C8H12N4/c1-6-7-8(11-5-10-6)9-3-4-12(7)2/h5H,3-4H2,1-2H3,(H,9,10,11). The quantitative estimate of drug-likeness (QED) is 0.611. The van der Waals surface area contributed by atoms with Gasteiger partial charge < -0.3 is 10.2 Å². The molecule has 0 unspecified atom stereocenters. The van der Waals surface area contributed by atoms with Gasteiger partial charge in [0.15, 0.2) is 5.82 Å². The van der Waals surface area contributed by atoms with E-state index in [-0.39, 0.29) is 0 Å². The fourth-order valence-electron chi connectivity index (χ4n) is 1.51. The molecule has 0 atom stereocenters. The van der Waals surface area contributed by atoms with Crippen LogP contribution in [-0.4, -0.2) is 30.1 Å². The van der Waals surface area contributed by atoms with Gasteiger partial charge in [-0.25, -0.2) is 9.97 Å². The lowest BCUT2D eigenvalue weighted by atomic mass is 10.2. The summed E-state index contributed by atoms with van der Waals surface area (Å²) in [5.41, 5.74) is 2.17. The molecule has 12 heavy (non-hydrogen) atoms. The molecule has 2 heterocycles. The van der Waals surface area contributed by atoms with Gasteiger partial charge in [-0.3, -0.25) is 0 Å². The van der Waals surface area contributed by atoms with Gasteiger partial charge in [0, 0.05) is 20.1 Å². The zero-order chi connectivity index (χ0) is 8.55. The van der Waals surface area contributed by atoms with Crippen molar-refractivity contribution in [1.82, 2.24) is 9.97 Å². The molecule has 1 aliphatic heterocycles. The Morgan fingerprint density at radius 2 is 2.33 bits per heavy atom. The van der Waals surface area contributed by atoms with Crippen LogP contribution in [0.2, 0.25) is 0 Å². The number of anilines is 2. The highest BCUT2D eigenvalue weighted by atomic mass is 15.2. The van der Waals surface area contributed by atoms with Gasteiger partial charge in [-0.2, -0.15) is 0 Å². The fourth-order valence-corrected chi connectivity index (χ4v) is 1.51. The van der Waals surface area contributed by atoms with Crippen LogP contribution in [-0.2, 0) is 0 Å². The first kappa shape index (κ1) is 7.34. The van der Waals surface area contributed by atoms with Crippen LogP contribution in [0.3, 0.4) is 0 Å². The average molecular weight is 164 g/mol. The van der Waals surface area contributed by atoms with E-state index in [0.717, 1.165) is 30.3 Å². The Labute approximate surface area is 71.6 Å². The summed E-state index contributed by atoms with van der Waals surface area (Å²) in [7, 11) is 2.07. The number of hydrogen-bond acceptors (Lipinski definition) is 4. The molecular formula is C8H12N4. The summed E-state index contributed by atoms with van der Waals surface area (Å²) in [5, 5.41) is 3.24. The fraction of sp³-hybridized carbons (Fsp3) is 0.500. The van der Waals surface area contributed by atoms with Gasteiger partial charge in [0.1, 0.15) is 12.0 Å². The molecule has 1 N–H and O–H groups in total. The first-order valence-corrected chi connectivity index (χ1v) is 4.05. The van der Waals surface area contributed by atoms with Crippen LogP contribution in [0.25, 0.3) is 0 Å². The molecule has 0 fully saturated rings. The minimum absolute atomic E-state index is 0.955. The molecule has 0 aromatic carbocycles. The second-order valence-electron chi connectivity index (χ2n) is 3.00. The summed E-state index contributed by atoms with van der Waals surface area (Å²) < 4.78 is 0. The first-order chi connectivity index (χ1) is 5.79. The largest absolute Gasteiger partial charge is 0.368 e. The average Bonchev–Trinajstić information content (AvgIpc) is 2.04. The number of hydrogen-bond donors (Lipinski definition) is 1. The van der Waals surface area contributed by atoms with Crippen LogP contribution >= 0.6 is 0 Å². The van der Waals surface area contributed by atoms with Crippen molar-refractivity contribution in [3.8, 4) is 0 Å². The molecule has 1 aromatic rings. The van der Waals surface area contributed by atoms with Crippen LogP contribution in [0.15, 0.2) is 6.33 Å². The second kappa shape index (κ2) is 2.62. The third-order valence-electron chi connectivity index (χ3n) is 2.13. The highest BCUT2D eigenvalue weighted by molar-refractivity contribution is 5.69. The SMILES string of the molecule is Cc1ncnc2c1N(C)CCN2. The van der Waals surface area contributed by atoms with Gasteiger partial charge in [0.05, 0.1) is 5.69 Å². The van der Waals surface area contributed by atoms with Gasteiger partial charge in [0.2, 0.25) is 0 Å². The summed E-state index contributed by atoms with van der Waals surface area (Å²) >= 11 is 0. The number of likely N-dealkylation sites (N-methyl/N-ethyl adjacent to an activating group) is 1. The summed E-state index contributed by atoms with van der Waals surface area (Å²) in [4.78, 5) is 10.5. The molecule has 0 saturated heterocycles. The lowest BCUT2D eigenvalue weighted by Crippen LogP contribution is -2.31. The molecule has 4 heteroatoms. The maximum Gasteiger partial charge on any atom is 0.153 e. The predicted octanol–water partition coefficient (Wildman–Crippen LogP) is 0.647. The maximum absolute atomic E-state index is 4.17. The van der Waals surface area contributed by atoms with E-state index < -0.39 is 0 Å². The molecule has 0 radical (unpaired) electrons. The van der Waals surface area contributed by atoms with Gasteiger partial charge in [-0.05, 0) is 6.92 Å². The van der Waals surface area contributed by atoms with Crippen molar-refractivity contribution in [3.05, 3.63) is 12.0 Å². The Morgan fingerprint density at radius 3 is 3.08 bits per heavy atom. The summed E-state index contributed by atoms with van der Waals surface area (Å²) in [6.07, 6.45) is 1.60. The van der Waals surface area contributed by atoms with Gasteiger partial charge in [-0.15, -0.1) is 0 Å². The molecule has 0 spiro atoms. The Morgan fingerprint density at radius 1 is 1.50 bits per heavy atom. The molecule has 1 aromatic heterocycles. The zero-order valence-corrected chi connectivity index (χ0v) is 7.33. The predicted molar refractivity (Wildman–Crippen MR) is 48.5 cm³/mol.